The van der Waals surface area contributed by atoms with Gasteiger partial charge in [0.2, 0.25) is 0 Å². The van der Waals surface area contributed by atoms with Crippen LogP contribution in [0.4, 0.5) is 0 Å². The number of aliphatic hydroxyl groups is 5. The van der Waals surface area contributed by atoms with E-state index in [0.717, 1.165) is 24.8 Å². The molecule has 10 rings (SSSR count). The summed E-state index contributed by atoms with van der Waals surface area (Å²) >= 11 is 6.48. The van der Waals surface area contributed by atoms with Crippen molar-refractivity contribution >= 4 is 23.5 Å². The first kappa shape index (κ1) is 41.9. The predicted molar refractivity (Wildman–Crippen MR) is 211 cm³/mol. The number of phenolic OH excluding ortho intramolecular Hbond substituents is 1. The number of aliphatic hydroxyl groups excluding tert-OH is 2. The predicted octanol–water partition coefficient (Wildman–Crippen LogP) is 3.87. The molecule has 2 saturated carbocycles. The lowest BCUT2D eigenvalue weighted by Gasteiger charge is -2.73. The Kier molecular flexibility index (Phi) is 10.2. The minimum atomic E-state index is -2.51. The normalized spacial score (nSPS) is 46.5. The maximum absolute atomic E-state index is 13.9. The number of carbonyl (C=O) groups excluding carboxylic acids is 2. The molecule has 5 heterocycles. The van der Waals surface area contributed by atoms with Crippen molar-refractivity contribution in [2.24, 2.45) is 23.7 Å². The number of ether oxygens (including phenoxy) is 6. The van der Waals surface area contributed by atoms with Gasteiger partial charge in [-0.05, 0) is 37.0 Å². The summed E-state index contributed by atoms with van der Waals surface area (Å²) in [5.41, 5.74) is -9.39. The van der Waals surface area contributed by atoms with E-state index in [0.29, 0.717) is 24.8 Å². The Hall–Kier alpha value is -3.41. The first-order chi connectivity index (χ1) is 28.6. The van der Waals surface area contributed by atoms with Crippen molar-refractivity contribution < 1.29 is 68.6 Å². The molecule has 0 radical (unpaired) electrons. The number of fused-ring (bicyclic) bond motifs is 1. The number of para-hydroxylation sites is 1. The third-order valence-electron chi connectivity index (χ3n) is 14.7. The lowest BCUT2D eigenvalue weighted by Crippen LogP contribution is -2.89. The molecule has 5 aliphatic heterocycles. The van der Waals surface area contributed by atoms with Crippen molar-refractivity contribution in [3.8, 4) is 5.75 Å². The van der Waals surface area contributed by atoms with Gasteiger partial charge in [0.25, 0.3) is 0 Å². The number of epoxide rings is 1. The van der Waals surface area contributed by atoms with Gasteiger partial charge in [0.15, 0.2) is 11.7 Å². The van der Waals surface area contributed by atoms with E-state index >= 15 is 0 Å². The quantitative estimate of drug-likeness (QED) is 0.186. The van der Waals surface area contributed by atoms with E-state index in [9.17, 15) is 40.2 Å². The monoisotopic (exact) mass is 852 g/mol. The van der Waals surface area contributed by atoms with Crippen LogP contribution in [0.1, 0.15) is 81.6 Å². The summed E-state index contributed by atoms with van der Waals surface area (Å²) in [6.07, 6.45) is -2.01. The number of rotatable bonds is 5. The smallest absolute Gasteiger partial charge is 0.342 e. The van der Waals surface area contributed by atoms with Gasteiger partial charge in [-0.2, -0.15) is 0 Å². The molecule has 1 spiro atoms. The molecule has 15 atom stereocenters. The van der Waals surface area contributed by atoms with Crippen molar-refractivity contribution in [2.45, 2.75) is 130 Å². The number of halogens is 1. The fourth-order valence-corrected chi connectivity index (χ4v) is 11.8. The third kappa shape index (κ3) is 5.65. The minimum absolute atomic E-state index is 0.0470. The van der Waals surface area contributed by atoms with Crippen molar-refractivity contribution in [3.63, 3.8) is 0 Å². The molecular formula is C45H53ClO14. The Labute approximate surface area is 352 Å². The first-order valence-electron chi connectivity index (χ1n) is 21.0. The van der Waals surface area contributed by atoms with Gasteiger partial charge in [0, 0.05) is 28.2 Å². The van der Waals surface area contributed by atoms with Crippen LogP contribution >= 0.6 is 11.6 Å². The molecule has 60 heavy (non-hydrogen) atoms. The van der Waals surface area contributed by atoms with E-state index < -0.39 is 107 Å². The number of carbonyl (C=O) groups is 2. The van der Waals surface area contributed by atoms with Crippen LogP contribution in [0.25, 0.3) is 0 Å². The first-order valence-corrected chi connectivity index (χ1v) is 21.5. The van der Waals surface area contributed by atoms with Gasteiger partial charge >= 0.3 is 17.9 Å². The van der Waals surface area contributed by atoms with E-state index in [-0.39, 0.29) is 34.8 Å². The summed E-state index contributed by atoms with van der Waals surface area (Å²) in [5.74, 6) is -7.05. The molecule has 8 bridgehead atoms. The maximum Gasteiger partial charge on any atom is 0.342 e. The van der Waals surface area contributed by atoms with Crippen LogP contribution in [0.15, 0.2) is 77.4 Å². The molecule has 5 saturated heterocycles. The highest BCUT2D eigenvalue weighted by Gasteiger charge is 2.90. The lowest BCUT2D eigenvalue weighted by atomic mass is 9.50. The summed E-state index contributed by atoms with van der Waals surface area (Å²) in [6, 6.07) is 14.5. The summed E-state index contributed by atoms with van der Waals surface area (Å²) in [4.78, 5) is 27.5. The zero-order chi connectivity index (χ0) is 42.6. The zero-order valence-corrected chi connectivity index (χ0v) is 34.5. The van der Waals surface area contributed by atoms with E-state index in [1.807, 2.05) is 6.92 Å². The highest BCUT2D eigenvalue weighted by atomic mass is 35.5. The molecule has 0 amide bonds. The van der Waals surface area contributed by atoms with Gasteiger partial charge < -0.3 is 59.1 Å². The number of hydrogen-bond acceptors (Lipinski definition) is 14. The van der Waals surface area contributed by atoms with Crippen molar-refractivity contribution in [1.82, 2.24) is 0 Å². The molecule has 2 aromatic carbocycles. The van der Waals surface area contributed by atoms with Crippen LogP contribution in [0, 0.1) is 23.7 Å². The Bertz CT molecular complexity index is 2100. The SMILES string of the molecule is C[C@H]1CCCCCC[C@@H](C)C(=O)O[C@H]2C(=CCl)C=C3[C@]2(O)[C@H](O)[C@@]2(CO)O[C@H]2[C@H]2[C@H]4O[C@]5(c6ccccc6)O[C@@H]([C@@H](C)[C@]32O5)[C@@]4(O)[C@@](O)(COC(=O)c2ccccc2O)C1. The van der Waals surface area contributed by atoms with Crippen molar-refractivity contribution in [3.05, 3.63) is 88.5 Å². The largest absolute Gasteiger partial charge is 0.507 e. The van der Waals surface area contributed by atoms with Gasteiger partial charge in [-0.1, -0.05) is 107 Å². The Morgan fingerprint density at radius 1 is 0.917 bits per heavy atom. The summed E-state index contributed by atoms with van der Waals surface area (Å²) in [6.45, 7) is 3.82. The Morgan fingerprint density at radius 3 is 2.30 bits per heavy atom. The van der Waals surface area contributed by atoms with Crippen LogP contribution in [0.5, 0.6) is 5.75 Å². The fraction of sp³-hybridized carbons (Fsp3) is 0.600. The van der Waals surface area contributed by atoms with Crippen LogP contribution in [0.2, 0.25) is 0 Å². The Morgan fingerprint density at radius 2 is 1.60 bits per heavy atom. The van der Waals surface area contributed by atoms with Gasteiger partial charge in [0.05, 0.1) is 18.4 Å². The number of esters is 2. The second-order valence-corrected chi connectivity index (χ2v) is 18.4. The van der Waals surface area contributed by atoms with E-state index in [1.54, 1.807) is 56.3 Å². The topological polar surface area (TPSA) is 214 Å². The maximum atomic E-state index is 13.9. The second kappa shape index (κ2) is 14.6. The molecule has 8 aliphatic rings. The molecular weight excluding hydrogens is 800 g/mol. The van der Waals surface area contributed by atoms with Crippen molar-refractivity contribution in [1.29, 1.82) is 0 Å². The number of benzene rings is 2. The minimum Gasteiger partial charge on any atom is -0.507 e. The van der Waals surface area contributed by atoms with Gasteiger partial charge in [-0.3, -0.25) is 4.79 Å². The molecule has 7 fully saturated rings. The molecule has 324 valence electrons. The molecule has 2 aromatic rings. The lowest BCUT2D eigenvalue weighted by molar-refractivity contribution is -0.584. The number of phenols is 1. The molecule has 3 aliphatic carbocycles. The third-order valence-corrected chi connectivity index (χ3v) is 15.0. The average Bonchev–Trinajstić information content (AvgIpc) is 3.91. The summed E-state index contributed by atoms with van der Waals surface area (Å²) in [7, 11) is 0. The van der Waals surface area contributed by atoms with E-state index in [2.05, 4.69) is 0 Å². The Balaban J connectivity index is 1.27. The standard InChI is InChI=1S/C45H53ClO14/c1-24-13-7-4-5-8-14-25(2)37(49)56-34-27(21-46)19-31-42(34,53)39(51)41(22-47)35(57-41)32-36-44(54,40(52,20-24)23-55-38(50)29-17-11-12-18-30(29)48)33-26(3)43(31,32)60-45(58-33,59-36)28-15-9-6-10-16-28/h6,9-12,15-19,21,24-26,32-36,39,47-48,51-54H,4-5,7-8,13-14,20,22-23H2,1-3H3/t24-,25+,26+,32-,33-,34-,35-,36+,39+,40-,41-,42+,43-,44-,45-/m0/s1. The number of hydrogen-bond donors (Lipinski definition) is 6. The fourth-order valence-electron chi connectivity index (χ4n) is 11.6. The molecule has 0 unspecified atom stereocenters. The van der Waals surface area contributed by atoms with E-state index in [1.165, 1.54) is 18.2 Å². The van der Waals surface area contributed by atoms with Gasteiger partial charge in [-0.15, -0.1) is 0 Å². The van der Waals surface area contributed by atoms with Crippen LogP contribution in [-0.4, -0.2) is 114 Å². The molecule has 0 aromatic heterocycles. The van der Waals surface area contributed by atoms with Crippen molar-refractivity contribution in [2.75, 3.05) is 13.2 Å². The van der Waals surface area contributed by atoms with Crippen LogP contribution < -0.4 is 0 Å². The van der Waals surface area contributed by atoms with Crippen LogP contribution in [-0.2, 0) is 39.2 Å². The number of aromatic hydroxyl groups is 1. The average molecular weight is 853 g/mol. The molecule has 14 nitrogen and oxygen atoms in total. The zero-order valence-electron chi connectivity index (χ0n) is 33.7. The van der Waals surface area contributed by atoms with Gasteiger partial charge in [-0.25, -0.2) is 4.79 Å². The highest BCUT2D eigenvalue weighted by Crippen LogP contribution is 2.74. The molecule has 6 N–H and O–H groups in total. The second-order valence-electron chi connectivity index (χ2n) is 18.2. The van der Waals surface area contributed by atoms with Gasteiger partial charge in [0.1, 0.15) is 64.7 Å². The highest BCUT2D eigenvalue weighted by molar-refractivity contribution is 6.26. The summed E-state index contributed by atoms with van der Waals surface area (Å²) in [5, 5.41) is 74.7. The molecule has 15 heteroatoms. The van der Waals surface area contributed by atoms with Crippen LogP contribution in [0.3, 0.4) is 0 Å². The summed E-state index contributed by atoms with van der Waals surface area (Å²) < 4.78 is 39.2. The van der Waals surface area contributed by atoms with E-state index in [4.69, 9.17) is 40.0 Å².